The van der Waals surface area contributed by atoms with Gasteiger partial charge in [0.2, 0.25) is 0 Å². The van der Waals surface area contributed by atoms with Crippen LogP contribution in [0.5, 0.6) is 5.75 Å². The van der Waals surface area contributed by atoms with E-state index < -0.39 is 0 Å². The van der Waals surface area contributed by atoms with Crippen molar-refractivity contribution in [3.63, 3.8) is 0 Å². The first kappa shape index (κ1) is 23.0. The molecule has 2 N–H and O–H groups in total. The van der Waals surface area contributed by atoms with Crippen molar-refractivity contribution in [3.05, 3.63) is 29.8 Å². The summed E-state index contributed by atoms with van der Waals surface area (Å²) in [5, 5.41) is 6.50. The Labute approximate surface area is 174 Å². The summed E-state index contributed by atoms with van der Waals surface area (Å²) in [5.41, 5.74) is 1.16. The lowest BCUT2D eigenvalue weighted by atomic mass is 10.0. The summed E-state index contributed by atoms with van der Waals surface area (Å²) in [4.78, 5) is 19.0. The molecule has 1 fully saturated rings. The van der Waals surface area contributed by atoms with Gasteiger partial charge in [-0.2, -0.15) is 0 Å². The fourth-order valence-corrected chi connectivity index (χ4v) is 3.53. The minimum absolute atomic E-state index is 0.0912. The lowest BCUT2D eigenvalue weighted by Crippen LogP contribution is -2.39. The molecule has 162 valence electrons. The first-order valence-electron chi connectivity index (χ1n) is 10.6. The van der Waals surface area contributed by atoms with Crippen LogP contribution in [0.3, 0.4) is 0 Å². The van der Waals surface area contributed by atoms with Crippen molar-refractivity contribution in [3.8, 4) is 5.75 Å². The smallest absolute Gasteiger partial charge is 0.307 e. The number of esters is 1. The Hall–Kier alpha value is -2.28. The molecule has 0 aromatic heterocycles. The summed E-state index contributed by atoms with van der Waals surface area (Å²) < 4.78 is 10.8. The van der Waals surface area contributed by atoms with Crippen molar-refractivity contribution in [2.45, 2.75) is 52.2 Å². The van der Waals surface area contributed by atoms with Gasteiger partial charge in [0.05, 0.1) is 32.2 Å². The molecule has 2 rings (SSSR count). The van der Waals surface area contributed by atoms with Gasteiger partial charge in [0.25, 0.3) is 0 Å². The molecule has 0 amide bonds. The molecule has 1 heterocycles. The first-order chi connectivity index (χ1) is 14.0. The zero-order chi connectivity index (χ0) is 21.1. The lowest BCUT2D eigenvalue weighted by Gasteiger charge is -2.28. The molecule has 0 aliphatic carbocycles. The topological polar surface area (TPSA) is 75.2 Å². The van der Waals surface area contributed by atoms with Gasteiger partial charge in [0.15, 0.2) is 5.96 Å². The SMILES string of the molecule is CCNC(=NCC(c1ccccc1OC)N1CCCC1)NCCC(=O)OC(C)C. The van der Waals surface area contributed by atoms with Crippen molar-refractivity contribution in [1.29, 1.82) is 0 Å². The van der Waals surface area contributed by atoms with E-state index in [9.17, 15) is 4.79 Å². The number of aliphatic imine (C=N–C) groups is 1. The van der Waals surface area contributed by atoms with Crippen molar-refractivity contribution in [2.75, 3.05) is 39.8 Å². The molecule has 1 atom stereocenters. The van der Waals surface area contributed by atoms with Crippen LogP contribution in [0.25, 0.3) is 0 Å². The van der Waals surface area contributed by atoms with Gasteiger partial charge in [0.1, 0.15) is 5.75 Å². The lowest BCUT2D eigenvalue weighted by molar-refractivity contribution is -0.147. The van der Waals surface area contributed by atoms with Crippen molar-refractivity contribution >= 4 is 11.9 Å². The molecule has 29 heavy (non-hydrogen) atoms. The number of likely N-dealkylation sites (tertiary alicyclic amines) is 1. The molecular formula is C22H36N4O3. The molecule has 1 aromatic carbocycles. The Kier molecular flexibility index (Phi) is 9.77. The minimum atomic E-state index is -0.202. The predicted octanol–water partition coefficient (Wildman–Crippen LogP) is 2.73. The number of benzene rings is 1. The fourth-order valence-electron chi connectivity index (χ4n) is 3.53. The Morgan fingerprint density at radius 3 is 2.59 bits per heavy atom. The standard InChI is InChI=1S/C22H36N4O3/c1-5-23-22(24-13-12-21(27)29-17(2)3)25-16-19(26-14-8-9-15-26)18-10-6-7-11-20(18)28-4/h6-7,10-11,17,19H,5,8-9,12-16H2,1-4H3,(H2,23,24,25). The Bertz CT molecular complexity index is 657. The van der Waals surface area contributed by atoms with E-state index in [1.165, 1.54) is 12.8 Å². The molecule has 7 heteroatoms. The Morgan fingerprint density at radius 1 is 1.21 bits per heavy atom. The number of nitrogens with one attached hydrogen (secondary N) is 2. The van der Waals surface area contributed by atoms with E-state index in [1.54, 1.807) is 7.11 Å². The van der Waals surface area contributed by atoms with Crippen LogP contribution in [-0.4, -0.2) is 62.8 Å². The summed E-state index contributed by atoms with van der Waals surface area (Å²) in [6.45, 7) is 9.74. The van der Waals surface area contributed by atoms with Crippen molar-refractivity contribution in [2.24, 2.45) is 4.99 Å². The van der Waals surface area contributed by atoms with Gasteiger partial charge in [-0.15, -0.1) is 0 Å². The Morgan fingerprint density at radius 2 is 1.93 bits per heavy atom. The fraction of sp³-hybridized carbons (Fsp3) is 0.636. The molecule has 0 saturated carbocycles. The molecular weight excluding hydrogens is 368 g/mol. The molecule has 1 aliphatic rings. The number of hydrogen-bond donors (Lipinski definition) is 2. The van der Waals surface area contributed by atoms with Crippen molar-refractivity contribution < 1.29 is 14.3 Å². The highest BCUT2D eigenvalue weighted by Gasteiger charge is 2.25. The number of nitrogens with zero attached hydrogens (tertiary/aromatic N) is 2. The number of guanidine groups is 1. The van der Waals surface area contributed by atoms with Crippen LogP contribution < -0.4 is 15.4 Å². The number of methoxy groups -OCH3 is 1. The van der Waals surface area contributed by atoms with E-state index in [4.69, 9.17) is 14.5 Å². The predicted molar refractivity (Wildman–Crippen MR) is 116 cm³/mol. The second-order valence-electron chi connectivity index (χ2n) is 7.44. The highest BCUT2D eigenvalue weighted by molar-refractivity contribution is 5.80. The summed E-state index contributed by atoms with van der Waals surface area (Å²) >= 11 is 0. The Balaban J connectivity index is 2.06. The largest absolute Gasteiger partial charge is 0.496 e. The van der Waals surface area contributed by atoms with Gasteiger partial charge < -0.3 is 20.1 Å². The zero-order valence-electron chi connectivity index (χ0n) is 18.2. The highest BCUT2D eigenvalue weighted by atomic mass is 16.5. The van der Waals surface area contributed by atoms with Gasteiger partial charge in [-0.25, -0.2) is 0 Å². The van der Waals surface area contributed by atoms with Gasteiger partial charge in [-0.05, 0) is 52.8 Å². The monoisotopic (exact) mass is 404 g/mol. The molecule has 0 radical (unpaired) electrons. The molecule has 0 spiro atoms. The van der Waals surface area contributed by atoms with Gasteiger partial charge in [-0.3, -0.25) is 14.7 Å². The van der Waals surface area contributed by atoms with Crippen molar-refractivity contribution in [1.82, 2.24) is 15.5 Å². The highest BCUT2D eigenvalue weighted by Crippen LogP contribution is 2.31. The molecule has 1 saturated heterocycles. The maximum absolute atomic E-state index is 11.7. The number of rotatable bonds is 10. The minimum Gasteiger partial charge on any atom is -0.496 e. The van der Waals surface area contributed by atoms with E-state index in [0.29, 0.717) is 25.5 Å². The summed E-state index contributed by atoms with van der Waals surface area (Å²) in [6, 6.07) is 8.34. The second kappa shape index (κ2) is 12.3. The van der Waals surface area contributed by atoms with Crippen LogP contribution in [0.15, 0.2) is 29.3 Å². The van der Waals surface area contributed by atoms with Crippen LogP contribution in [0.2, 0.25) is 0 Å². The van der Waals surface area contributed by atoms with Crippen LogP contribution in [0.1, 0.15) is 51.6 Å². The number of carbonyl (C=O) groups excluding carboxylic acids is 1. The molecule has 1 aromatic rings. The zero-order valence-corrected chi connectivity index (χ0v) is 18.2. The quantitative estimate of drug-likeness (QED) is 0.355. The van der Waals surface area contributed by atoms with Crippen LogP contribution in [-0.2, 0) is 9.53 Å². The molecule has 0 bridgehead atoms. The van der Waals surface area contributed by atoms with Crippen LogP contribution >= 0.6 is 0 Å². The van der Waals surface area contributed by atoms with Gasteiger partial charge in [-0.1, -0.05) is 18.2 Å². The number of hydrogen-bond acceptors (Lipinski definition) is 5. The third kappa shape index (κ3) is 7.57. The molecule has 7 nitrogen and oxygen atoms in total. The van der Waals surface area contributed by atoms with E-state index >= 15 is 0 Å². The molecule has 1 unspecified atom stereocenters. The summed E-state index contributed by atoms with van der Waals surface area (Å²) in [5.74, 6) is 1.41. The third-order valence-corrected chi connectivity index (χ3v) is 4.83. The first-order valence-corrected chi connectivity index (χ1v) is 10.6. The number of para-hydroxylation sites is 1. The van der Waals surface area contributed by atoms with Gasteiger partial charge >= 0.3 is 5.97 Å². The van der Waals surface area contributed by atoms with Crippen LogP contribution in [0, 0.1) is 0 Å². The average molecular weight is 405 g/mol. The number of carbonyl (C=O) groups is 1. The van der Waals surface area contributed by atoms with Crippen LogP contribution in [0.4, 0.5) is 0 Å². The normalized spacial score (nSPS) is 16.0. The maximum atomic E-state index is 11.7. The summed E-state index contributed by atoms with van der Waals surface area (Å²) in [7, 11) is 1.71. The average Bonchev–Trinajstić information content (AvgIpc) is 3.22. The maximum Gasteiger partial charge on any atom is 0.307 e. The van der Waals surface area contributed by atoms with Gasteiger partial charge in [0, 0.05) is 18.7 Å². The van der Waals surface area contributed by atoms with E-state index in [2.05, 4.69) is 27.7 Å². The molecule has 1 aliphatic heterocycles. The van der Waals surface area contributed by atoms with E-state index in [0.717, 1.165) is 30.9 Å². The van der Waals surface area contributed by atoms with E-state index in [-0.39, 0.29) is 18.1 Å². The third-order valence-electron chi connectivity index (χ3n) is 4.83. The second-order valence-corrected chi connectivity index (χ2v) is 7.44. The van der Waals surface area contributed by atoms with E-state index in [1.807, 2.05) is 32.9 Å². The number of ether oxygens (including phenoxy) is 2. The summed E-state index contributed by atoms with van der Waals surface area (Å²) in [6.07, 6.45) is 2.65.